The van der Waals surface area contributed by atoms with Crippen LogP contribution in [-0.4, -0.2) is 21.5 Å². The van der Waals surface area contributed by atoms with E-state index in [-0.39, 0.29) is 22.4 Å². The van der Waals surface area contributed by atoms with Crippen molar-refractivity contribution in [2.75, 3.05) is 13.1 Å². The maximum atomic E-state index is 12.3. The van der Waals surface area contributed by atoms with Crippen molar-refractivity contribution >= 4 is 21.6 Å². The smallest absolute Gasteiger partial charge is 0.242 e. The van der Waals surface area contributed by atoms with Crippen LogP contribution in [0, 0.1) is 23.7 Å². The van der Waals surface area contributed by atoms with E-state index in [0.29, 0.717) is 18.0 Å². The van der Waals surface area contributed by atoms with E-state index < -0.39 is 10.0 Å². The normalized spacial score (nSPS) is 12.9. The van der Waals surface area contributed by atoms with E-state index in [4.69, 9.17) is 17.3 Å². The molecule has 0 fully saturated rings. The molecule has 1 aromatic rings. The summed E-state index contributed by atoms with van der Waals surface area (Å²) in [6.07, 6.45) is 0. The average Bonchev–Trinajstić information content (AvgIpc) is 2.42. The average molecular weight is 329 g/mol. The topological polar surface area (TPSA) is 72.2 Å². The van der Waals surface area contributed by atoms with Gasteiger partial charge in [0.1, 0.15) is 4.90 Å². The molecule has 0 saturated heterocycles. The zero-order chi connectivity index (χ0) is 16.0. The molecule has 1 aromatic carbocycles. The summed E-state index contributed by atoms with van der Waals surface area (Å²) in [5.41, 5.74) is 5.93. The number of hydrogen-bond acceptors (Lipinski definition) is 3. The van der Waals surface area contributed by atoms with Crippen molar-refractivity contribution in [2.45, 2.75) is 25.7 Å². The number of nitrogens with two attached hydrogens (primary N) is 1. The van der Waals surface area contributed by atoms with Gasteiger partial charge in [0.2, 0.25) is 10.0 Å². The van der Waals surface area contributed by atoms with Crippen molar-refractivity contribution < 1.29 is 8.42 Å². The van der Waals surface area contributed by atoms with Crippen molar-refractivity contribution in [1.29, 1.82) is 0 Å². The first kappa shape index (κ1) is 18.0. The van der Waals surface area contributed by atoms with Crippen molar-refractivity contribution in [1.82, 2.24) is 4.72 Å². The molecule has 0 saturated carbocycles. The highest BCUT2D eigenvalue weighted by molar-refractivity contribution is 7.89. The van der Waals surface area contributed by atoms with Crippen LogP contribution in [0.3, 0.4) is 0 Å². The summed E-state index contributed by atoms with van der Waals surface area (Å²) in [7, 11) is -3.61. The number of sulfonamides is 1. The summed E-state index contributed by atoms with van der Waals surface area (Å²) in [4.78, 5) is 0.0680. The first-order valence-electron chi connectivity index (χ1n) is 6.76. The highest BCUT2D eigenvalue weighted by Gasteiger charge is 2.19. The van der Waals surface area contributed by atoms with Gasteiger partial charge in [-0.25, -0.2) is 13.1 Å². The van der Waals surface area contributed by atoms with Crippen LogP contribution in [0.4, 0.5) is 0 Å². The Morgan fingerprint density at radius 3 is 2.52 bits per heavy atom. The predicted octanol–water partition coefficient (Wildman–Crippen LogP) is 2.22. The standard InChI is InChI=1S/C15H21ClN2O2S/c1-11(2)12(3)10-18-21(19,20)15-7-6-13(5-4-8-17)9-14(15)16/h6-7,9,11-12,18H,8,10,17H2,1-3H3. The summed E-state index contributed by atoms with van der Waals surface area (Å²) >= 11 is 6.05. The molecule has 1 rings (SSSR count). The molecule has 0 amide bonds. The van der Waals surface area contributed by atoms with Crippen LogP contribution in [0.2, 0.25) is 5.02 Å². The molecular weight excluding hydrogens is 308 g/mol. The van der Waals surface area contributed by atoms with Crippen LogP contribution in [0.1, 0.15) is 26.3 Å². The molecule has 116 valence electrons. The van der Waals surface area contributed by atoms with Gasteiger partial charge in [-0.15, -0.1) is 0 Å². The van der Waals surface area contributed by atoms with E-state index in [0.717, 1.165) is 0 Å². The highest BCUT2D eigenvalue weighted by atomic mass is 35.5. The van der Waals surface area contributed by atoms with Crippen LogP contribution in [0.5, 0.6) is 0 Å². The molecular formula is C15H21ClN2O2S. The molecule has 0 aliphatic heterocycles. The number of hydrogen-bond donors (Lipinski definition) is 2. The summed E-state index contributed by atoms with van der Waals surface area (Å²) < 4.78 is 27.1. The summed E-state index contributed by atoms with van der Waals surface area (Å²) in [6.45, 7) is 6.73. The molecule has 3 N–H and O–H groups in total. The molecule has 6 heteroatoms. The van der Waals surface area contributed by atoms with Gasteiger partial charge < -0.3 is 5.73 Å². The number of benzene rings is 1. The monoisotopic (exact) mass is 328 g/mol. The maximum absolute atomic E-state index is 12.3. The second-order valence-electron chi connectivity index (χ2n) is 5.22. The minimum Gasteiger partial charge on any atom is -0.320 e. The fraction of sp³-hybridized carbons (Fsp3) is 0.467. The zero-order valence-corrected chi connectivity index (χ0v) is 14.1. The Hall–Kier alpha value is -1.06. The summed E-state index contributed by atoms with van der Waals surface area (Å²) in [6, 6.07) is 4.62. The van der Waals surface area contributed by atoms with Gasteiger partial charge in [0.15, 0.2) is 0 Å². The Balaban J connectivity index is 2.94. The second-order valence-corrected chi connectivity index (χ2v) is 7.37. The Kier molecular flexibility index (Phi) is 6.69. The van der Waals surface area contributed by atoms with Crippen molar-refractivity contribution in [2.24, 2.45) is 17.6 Å². The first-order chi connectivity index (χ1) is 9.77. The largest absolute Gasteiger partial charge is 0.320 e. The third-order valence-electron chi connectivity index (χ3n) is 3.29. The molecule has 0 spiro atoms. The Morgan fingerprint density at radius 1 is 1.33 bits per heavy atom. The minimum absolute atomic E-state index is 0.0680. The fourth-order valence-corrected chi connectivity index (χ4v) is 3.19. The minimum atomic E-state index is -3.61. The first-order valence-corrected chi connectivity index (χ1v) is 8.62. The van der Waals surface area contributed by atoms with Crippen molar-refractivity contribution in [3.05, 3.63) is 28.8 Å². The van der Waals surface area contributed by atoms with Gasteiger partial charge in [-0.3, -0.25) is 0 Å². The van der Waals surface area contributed by atoms with Crippen LogP contribution in [0.15, 0.2) is 23.1 Å². The molecule has 0 bridgehead atoms. The lowest BCUT2D eigenvalue weighted by Crippen LogP contribution is -2.30. The van der Waals surface area contributed by atoms with Crippen molar-refractivity contribution in [3.8, 4) is 11.8 Å². The number of rotatable bonds is 5. The second kappa shape index (κ2) is 7.81. The van der Waals surface area contributed by atoms with Gasteiger partial charge in [-0.2, -0.15) is 0 Å². The molecule has 4 nitrogen and oxygen atoms in total. The lowest BCUT2D eigenvalue weighted by Gasteiger charge is -2.16. The van der Waals surface area contributed by atoms with E-state index in [2.05, 4.69) is 30.4 Å². The van der Waals surface area contributed by atoms with Crippen LogP contribution in [0.25, 0.3) is 0 Å². The molecule has 0 heterocycles. The maximum Gasteiger partial charge on any atom is 0.242 e. The summed E-state index contributed by atoms with van der Waals surface area (Å²) in [5.74, 6) is 6.15. The predicted molar refractivity (Wildman–Crippen MR) is 86.6 cm³/mol. The Bertz CT molecular complexity index is 645. The van der Waals surface area contributed by atoms with Gasteiger partial charge in [-0.05, 0) is 30.0 Å². The number of nitrogens with one attached hydrogen (secondary N) is 1. The number of halogens is 1. The molecule has 0 radical (unpaired) electrons. The van der Waals surface area contributed by atoms with E-state index in [9.17, 15) is 8.42 Å². The van der Waals surface area contributed by atoms with Gasteiger partial charge in [0.25, 0.3) is 0 Å². The van der Waals surface area contributed by atoms with Crippen LogP contribution < -0.4 is 10.5 Å². The van der Waals surface area contributed by atoms with E-state index in [1.165, 1.54) is 12.1 Å². The molecule has 0 aliphatic rings. The molecule has 1 unspecified atom stereocenters. The van der Waals surface area contributed by atoms with Crippen LogP contribution >= 0.6 is 11.6 Å². The van der Waals surface area contributed by atoms with Crippen molar-refractivity contribution in [3.63, 3.8) is 0 Å². The Labute approximate surface area is 132 Å². The quantitative estimate of drug-likeness (QED) is 0.814. The van der Waals surface area contributed by atoms with E-state index >= 15 is 0 Å². The van der Waals surface area contributed by atoms with Gasteiger partial charge in [-0.1, -0.05) is 44.2 Å². The molecule has 1 atom stereocenters. The lowest BCUT2D eigenvalue weighted by atomic mass is 9.99. The summed E-state index contributed by atoms with van der Waals surface area (Å²) in [5, 5.41) is 0.156. The highest BCUT2D eigenvalue weighted by Crippen LogP contribution is 2.22. The fourth-order valence-electron chi connectivity index (χ4n) is 1.50. The zero-order valence-electron chi connectivity index (χ0n) is 12.5. The van der Waals surface area contributed by atoms with E-state index in [1.54, 1.807) is 6.07 Å². The third kappa shape index (κ3) is 5.33. The van der Waals surface area contributed by atoms with Gasteiger partial charge >= 0.3 is 0 Å². The van der Waals surface area contributed by atoms with Gasteiger partial charge in [0.05, 0.1) is 11.6 Å². The Morgan fingerprint density at radius 2 is 2.00 bits per heavy atom. The van der Waals surface area contributed by atoms with Crippen LogP contribution in [-0.2, 0) is 10.0 Å². The molecule has 0 aliphatic carbocycles. The van der Waals surface area contributed by atoms with Gasteiger partial charge in [0, 0.05) is 12.1 Å². The third-order valence-corrected chi connectivity index (χ3v) is 5.20. The van der Waals surface area contributed by atoms with E-state index in [1.807, 2.05) is 6.92 Å². The molecule has 0 aromatic heterocycles. The SMILES string of the molecule is CC(C)C(C)CNS(=O)(=O)c1ccc(C#CCN)cc1Cl. The lowest BCUT2D eigenvalue weighted by molar-refractivity contribution is 0.414. The molecule has 21 heavy (non-hydrogen) atoms.